The summed E-state index contributed by atoms with van der Waals surface area (Å²) in [4.78, 5) is 211. The number of aliphatic hydroxyl groups excluding tert-OH is 2. The van der Waals surface area contributed by atoms with Gasteiger partial charge in [-0.05, 0) is 105 Å². The van der Waals surface area contributed by atoms with E-state index in [1.807, 2.05) is 99.7 Å². The first-order chi connectivity index (χ1) is 63.2. The van der Waals surface area contributed by atoms with Crippen LogP contribution in [0.5, 0.6) is 0 Å². The molecule has 16 atom stereocenters. The molecular formula is C98H167N19O16. The van der Waals surface area contributed by atoms with Crippen LogP contribution >= 0.6 is 0 Å². The molecule has 0 radical (unpaired) electrons. The minimum Gasteiger partial charge on any atom is -0.396 e. The Hall–Kier alpha value is -10.3. The number of carbonyl (C=O) groups is 14. The van der Waals surface area contributed by atoms with Crippen LogP contribution < -0.4 is 77.4 Å². The number of aromatic nitrogens is 1. The van der Waals surface area contributed by atoms with Gasteiger partial charge in [-0.3, -0.25) is 87.1 Å². The number of primary amides is 1. The van der Waals surface area contributed by atoms with Gasteiger partial charge in [-0.1, -0.05) is 204 Å². The summed E-state index contributed by atoms with van der Waals surface area (Å²) < 4.78 is 0. The van der Waals surface area contributed by atoms with Crippen molar-refractivity contribution >= 4 is 117 Å². The highest BCUT2D eigenvalue weighted by Gasteiger charge is 2.40. The number of rotatable bonds is 73. The third kappa shape index (κ3) is 47.9. The van der Waals surface area contributed by atoms with Crippen molar-refractivity contribution in [1.82, 2.24) is 42.2 Å². The number of aromatic amines is 1. The maximum absolute atomic E-state index is 14.6. The van der Waals surface area contributed by atoms with Crippen molar-refractivity contribution in [3.8, 4) is 0 Å². The minimum atomic E-state index is -1.39. The van der Waals surface area contributed by atoms with Gasteiger partial charge in [0.15, 0.2) is 46.8 Å². The number of nitrogens with one attached hydrogen (secondary N) is 8. The van der Waals surface area contributed by atoms with Gasteiger partial charge >= 0.3 is 0 Å². The van der Waals surface area contributed by atoms with Crippen molar-refractivity contribution in [2.75, 3.05) is 39.9 Å². The number of para-hydroxylation sites is 1. The molecular weight excluding hydrogens is 1700 g/mol. The number of amides is 8. The van der Waals surface area contributed by atoms with Gasteiger partial charge in [0, 0.05) is 144 Å². The van der Waals surface area contributed by atoms with Gasteiger partial charge in [0.1, 0.15) is 17.9 Å². The van der Waals surface area contributed by atoms with Crippen LogP contribution in [-0.2, 0) is 73.5 Å². The molecule has 750 valence electrons. The van der Waals surface area contributed by atoms with Crippen LogP contribution in [0, 0.1) is 65.1 Å². The maximum Gasteiger partial charge on any atom is 0.243 e. The quantitative estimate of drug-likeness (QED) is 0.0168. The van der Waals surface area contributed by atoms with Gasteiger partial charge in [-0.2, -0.15) is 0 Å². The lowest BCUT2D eigenvalue weighted by Crippen LogP contribution is -2.53. The number of fused-ring (bicyclic) bond motifs is 1. The number of benzene rings is 1. The zero-order valence-corrected chi connectivity index (χ0v) is 82.1. The van der Waals surface area contributed by atoms with E-state index in [-0.39, 0.29) is 173 Å². The Labute approximate surface area is 789 Å². The molecule has 1 aliphatic rings. The Morgan fingerprint density at radius 3 is 1.41 bits per heavy atom. The lowest BCUT2D eigenvalue weighted by Gasteiger charge is -2.30. The third-order valence-corrected chi connectivity index (χ3v) is 25.4. The number of ketones is 6. The fraction of sp³-hybridized carbons (Fsp3) is 0.714. The summed E-state index contributed by atoms with van der Waals surface area (Å²) in [6, 6.07) is 0.942. The number of hydrogen-bond acceptors (Lipinski definition) is 20. The first kappa shape index (κ1) is 119. The van der Waals surface area contributed by atoms with Crippen LogP contribution in [0.25, 0.3) is 10.9 Å². The molecule has 0 fully saturated rings. The zero-order valence-electron chi connectivity index (χ0n) is 82.1. The van der Waals surface area contributed by atoms with Gasteiger partial charge in [-0.15, -0.1) is 0 Å². The molecule has 0 bridgehead atoms. The smallest absolute Gasteiger partial charge is 0.243 e. The van der Waals surface area contributed by atoms with Crippen molar-refractivity contribution < 1.29 is 77.3 Å². The summed E-state index contributed by atoms with van der Waals surface area (Å²) in [6.07, 6.45) is 24.3. The molecule has 0 aliphatic carbocycles. The number of hydrogen-bond donors (Lipinski definition) is 17. The third-order valence-electron chi connectivity index (χ3n) is 25.4. The number of unbranched alkanes of at least 4 members (excludes halogenated alkanes) is 12. The van der Waals surface area contributed by atoms with Crippen LogP contribution in [-0.4, -0.2) is 197 Å². The van der Waals surface area contributed by atoms with Crippen molar-refractivity contribution in [2.24, 2.45) is 125 Å². The van der Waals surface area contributed by atoms with E-state index >= 15 is 0 Å². The lowest BCUT2D eigenvalue weighted by molar-refractivity contribution is -0.137. The fourth-order valence-corrected chi connectivity index (χ4v) is 16.2. The summed E-state index contributed by atoms with van der Waals surface area (Å²) in [5.74, 6) is -13.1. The van der Waals surface area contributed by atoms with Crippen molar-refractivity contribution in [3.63, 3.8) is 0 Å². The highest BCUT2D eigenvalue weighted by Crippen LogP contribution is 2.30. The van der Waals surface area contributed by atoms with Gasteiger partial charge in [0.05, 0.1) is 49.7 Å². The topological polar surface area (TPSA) is 611 Å². The van der Waals surface area contributed by atoms with E-state index in [0.717, 1.165) is 47.7 Å². The van der Waals surface area contributed by atoms with Crippen LogP contribution in [0.15, 0.2) is 62.2 Å². The molecule has 133 heavy (non-hydrogen) atoms. The Bertz CT molecular complexity index is 4090. The van der Waals surface area contributed by atoms with Gasteiger partial charge < -0.3 is 92.6 Å². The molecule has 3 rings (SSSR count). The second-order valence-corrected chi connectivity index (χ2v) is 37.0. The zero-order chi connectivity index (χ0) is 99.7. The number of H-pyrrole nitrogens is 1. The van der Waals surface area contributed by atoms with E-state index in [2.05, 4.69) is 69.1 Å². The molecule has 35 heteroatoms. The van der Waals surface area contributed by atoms with Crippen molar-refractivity contribution in [2.45, 2.75) is 344 Å². The van der Waals surface area contributed by atoms with Gasteiger partial charge in [0.25, 0.3) is 0 Å². The highest BCUT2D eigenvalue weighted by molar-refractivity contribution is 6.00. The molecule has 0 unspecified atom stereocenters. The van der Waals surface area contributed by atoms with Crippen LogP contribution in [0.1, 0.15) is 307 Å². The SMILES string of the molecule is CCCCCCCCCCCCCCCC(=O)N[C@H](CCCN=C(N)N)C(=O)N[C@H](CO)C(=O)C[C@@H](C(=O)N[C@H](CCCN=C(N)N)C(=O)C[C@H](CO)C(=O)NC)[C@H](C)CC.CC[C@H](C)CC(=O)[C@@H](Cc1c[nH]c2ccccc12)NC(=O)[C@H](CC(=O)[C@H](NC(=O)[C@H](CC(=O)[C@@H](CC(N)=O)NC(=O)[C@@H](CCCN=C(N)N)CC(=O)[C@H](C)CC(C)C)[C@H](C)CC)[C@H](C)CC)CC1=CN=CC1. The van der Waals surface area contributed by atoms with Crippen molar-refractivity contribution in [3.05, 3.63) is 47.8 Å². The number of aliphatic hydroxyl groups is 2. The number of nitrogens with zero attached hydrogens (tertiary/aromatic N) is 4. The maximum atomic E-state index is 14.6. The molecule has 2 heterocycles. The molecule has 8 amide bonds. The van der Waals surface area contributed by atoms with Gasteiger partial charge in [0.2, 0.25) is 47.3 Å². The normalized spacial score (nSPS) is 15.4. The summed E-state index contributed by atoms with van der Waals surface area (Å²) in [7, 11) is 1.38. The number of nitrogens with two attached hydrogens (primary N) is 7. The monoisotopic (exact) mass is 1870 g/mol. The van der Waals surface area contributed by atoms with E-state index in [0.29, 0.717) is 57.8 Å². The Morgan fingerprint density at radius 2 is 0.910 bits per heavy atom. The van der Waals surface area contributed by atoms with Crippen molar-refractivity contribution in [1.29, 1.82) is 0 Å². The minimum absolute atomic E-state index is 0.0940. The highest BCUT2D eigenvalue weighted by atomic mass is 16.3. The number of allylic oxidation sites excluding steroid dienone is 1. The molecule has 1 aromatic heterocycles. The largest absolute Gasteiger partial charge is 0.396 e. The molecule has 2 aromatic rings. The van der Waals surface area contributed by atoms with Crippen LogP contribution in [0.3, 0.4) is 0 Å². The Morgan fingerprint density at radius 1 is 0.436 bits per heavy atom. The Kier molecular flexibility index (Phi) is 59.8. The summed E-state index contributed by atoms with van der Waals surface area (Å²) in [5, 5.41) is 40.2. The lowest BCUT2D eigenvalue weighted by atomic mass is 9.83. The second kappa shape index (κ2) is 67.0. The summed E-state index contributed by atoms with van der Waals surface area (Å²) in [6.45, 7) is 22.3. The van der Waals surface area contributed by atoms with E-state index in [9.17, 15) is 77.3 Å². The van der Waals surface area contributed by atoms with Gasteiger partial charge in [-0.25, -0.2) is 0 Å². The van der Waals surface area contributed by atoms with Crippen LogP contribution in [0.4, 0.5) is 0 Å². The predicted octanol–water partition coefficient (Wildman–Crippen LogP) is 8.30. The van der Waals surface area contributed by atoms with Crippen LogP contribution in [0.2, 0.25) is 0 Å². The Balaban J connectivity index is 0.000000914. The fourth-order valence-electron chi connectivity index (χ4n) is 16.2. The summed E-state index contributed by atoms with van der Waals surface area (Å²) >= 11 is 0. The molecule has 24 N–H and O–H groups in total. The standard InChI is InChI=1S/C55H85N9O8.C43H82N10O8/c1-10-33(6)23-47(66)44(25-40-31-61-43-18-14-13-17-41(40)43)62-53(71)39(24-37-19-21-59-30-37)27-49(68)51(35(8)12-3)64-54(72)42(34(7)11-2)28-48(67)45(29-50(56)69)63-52(70)38(16-15-20-60-55(57)58)26-46(65)36(9)22-32(4)5;1-5-7-8-9-10-11-12-13-14-15-16-17-18-23-38(58)51-34(22-20-25-50-43(46)47)41(61)53-35(29-55)37(57)27-32(30(3)6-2)40(60)52-33(21-19-24-49-42(44)45)36(56)26-31(28-54)39(59)48-4/h13-14,17-18,21,30-36,38-39,42,44-45,51,61H,10-12,15-16,19-20,22-29H2,1-9H3,(H2,56,69)(H,62,71)(H,63,70)(H,64,72)(H4,57,58,60);30-35,54-55H,5-29H2,1-4H3,(H,48,59)(H,51,58)(H,52,60)(H,53,61)(H4,44,45,49)(H4,46,47,50)/t33-,34+,35+,36+,38-,39-,42+,44+,45+,51+;30-,31-,32-,33-,34-,35-/m01/s1. The molecule has 1 aromatic carbocycles. The van der Waals surface area contributed by atoms with E-state index in [1.165, 1.54) is 64.8 Å². The van der Waals surface area contributed by atoms with E-state index in [4.69, 9.17) is 40.1 Å². The first-order valence-corrected chi connectivity index (χ1v) is 48.8. The average Bonchev–Trinajstić information content (AvgIpc) is 1.80. The number of guanidine groups is 3. The number of Topliss-reactive ketones (excluding diaryl/α,β-unsaturated/α-hetero) is 6. The number of carbonyl (C=O) groups excluding carboxylic acids is 14. The average molecular weight is 1870 g/mol. The second-order valence-electron chi connectivity index (χ2n) is 37.0. The first-order valence-electron chi connectivity index (χ1n) is 48.8. The predicted molar refractivity (Wildman–Crippen MR) is 523 cm³/mol. The molecule has 35 nitrogen and oxygen atoms in total. The molecule has 1 aliphatic heterocycles. The molecule has 0 saturated heterocycles. The van der Waals surface area contributed by atoms with E-state index < -0.39 is 144 Å². The van der Waals surface area contributed by atoms with E-state index in [1.54, 1.807) is 19.3 Å². The summed E-state index contributed by atoms with van der Waals surface area (Å²) in [5.41, 5.74) is 41.0. The molecule has 0 spiro atoms. The number of aliphatic imine (C=N–C) groups is 4. The molecule has 0 saturated carbocycles.